The number of carbonyl (C=O) groups is 3. The second kappa shape index (κ2) is 39.0. The molecule has 368 valence electrons. The first kappa shape index (κ1) is 55.1. The smallest absolute Gasteiger partial charge is 0.236 e. The summed E-state index contributed by atoms with van der Waals surface area (Å²) in [5, 5.41) is 3.01. The number of hydrogen-bond donors (Lipinski definition) is 1. The van der Waals surface area contributed by atoms with Crippen LogP contribution in [-0.2, 0) is 71.2 Å². The van der Waals surface area contributed by atoms with Crippen LogP contribution < -0.4 is 5.32 Å². The molecule has 0 aromatic carbocycles. The van der Waals surface area contributed by atoms with Crippen molar-refractivity contribution in [1.29, 1.82) is 0 Å². The van der Waals surface area contributed by atoms with Gasteiger partial charge in [0.1, 0.15) is 0 Å². The third-order valence-electron chi connectivity index (χ3n) is 10.2. The lowest BCUT2D eigenvalue weighted by Crippen LogP contribution is -2.50. The van der Waals surface area contributed by atoms with Gasteiger partial charge in [-0.1, -0.05) is 0 Å². The molecule has 0 aromatic heterocycles. The predicted molar refractivity (Wildman–Crippen MR) is 231 cm³/mol. The molecule has 21 heteroatoms. The van der Waals surface area contributed by atoms with Gasteiger partial charge >= 0.3 is 0 Å². The molecule has 3 aliphatic rings. The molecule has 21 nitrogen and oxygen atoms in total. The van der Waals surface area contributed by atoms with Crippen LogP contribution in [0, 0.1) is 0 Å². The van der Waals surface area contributed by atoms with E-state index in [0.29, 0.717) is 211 Å². The predicted octanol–water partition coefficient (Wildman–Crippen LogP) is -2.07. The van der Waals surface area contributed by atoms with Crippen LogP contribution in [-0.4, -0.2) is 292 Å². The summed E-state index contributed by atoms with van der Waals surface area (Å²) < 4.78 is 67.8. The highest BCUT2D eigenvalue weighted by atomic mass is 16.6. The lowest BCUT2D eigenvalue weighted by Gasteiger charge is -2.31. The number of hydrogen-bond acceptors (Lipinski definition) is 18. The van der Waals surface area contributed by atoms with Crippen molar-refractivity contribution in [2.75, 3.05) is 250 Å². The summed E-state index contributed by atoms with van der Waals surface area (Å²) in [4.78, 5) is 50.7. The Hall–Kier alpha value is -2.19. The van der Waals surface area contributed by atoms with Gasteiger partial charge in [-0.3, -0.25) is 29.1 Å². The number of likely N-dealkylation sites (N-methyl/N-ethyl adjacent to an activating group) is 1. The molecule has 0 spiro atoms. The number of nitrogens with zero attached hydrogens (tertiary/aromatic N) is 5. The molecular weight excluding hydrogens is 828 g/mol. The lowest BCUT2D eigenvalue weighted by atomic mass is 10.3. The van der Waals surface area contributed by atoms with Gasteiger partial charge < -0.3 is 72.0 Å². The molecule has 3 fully saturated rings. The topological polar surface area (TPSA) is 190 Å². The van der Waals surface area contributed by atoms with E-state index in [1.54, 1.807) is 9.80 Å². The summed E-state index contributed by atoms with van der Waals surface area (Å²) in [5.74, 6) is -0.361. The Kier molecular flexibility index (Phi) is 34.2. The van der Waals surface area contributed by atoms with E-state index >= 15 is 0 Å². The van der Waals surface area contributed by atoms with Crippen molar-refractivity contribution in [3.63, 3.8) is 0 Å². The SMILES string of the molecule is CCN(CCN(CCNC(=O)CN1CCOCCOCCOCCOCC1)C(=O)CN1CCOCCOCCOCCOCC1)C(=O)CN1CCOCCOCCOCCOCC1. The Morgan fingerprint density at radius 3 is 0.921 bits per heavy atom. The maximum absolute atomic E-state index is 14.2. The summed E-state index contributed by atoms with van der Waals surface area (Å²) in [5.41, 5.74) is 0. The van der Waals surface area contributed by atoms with Gasteiger partial charge in [0.15, 0.2) is 0 Å². The van der Waals surface area contributed by atoms with Crippen LogP contribution >= 0.6 is 0 Å². The van der Waals surface area contributed by atoms with Gasteiger partial charge in [-0.25, -0.2) is 0 Å². The average Bonchev–Trinajstić information content (AvgIpc) is 3.30. The molecule has 0 unspecified atom stereocenters. The fourth-order valence-corrected chi connectivity index (χ4v) is 6.49. The van der Waals surface area contributed by atoms with Crippen LogP contribution in [0.3, 0.4) is 0 Å². The Bertz CT molecular complexity index is 1090. The zero-order valence-corrected chi connectivity index (χ0v) is 38.2. The number of carbonyl (C=O) groups excluding carboxylic acids is 3. The van der Waals surface area contributed by atoms with E-state index in [9.17, 15) is 14.4 Å². The van der Waals surface area contributed by atoms with Crippen LogP contribution in [0.25, 0.3) is 0 Å². The third kappa shape index (κ3) is 29.9. The maximum Gasteiger partial charge on any atom is 0.236 e. The van der Waals surface area contributed by atoms with Crippen molar-refractivity contribution in [3.8, 4) is 0 Å². The Morgan fingerprint density at radius 2 is 0.619 bits per heavy atom. The number of nitrogens with one attached hydrogen (secondary N) is 1. The first-order chi connectivity index (χ1) is 31.0. The molecule has 3 heterocycles. The van der Waals surface area contributed by atoms with E-state index in [2.05, 4.69) is 5.32 Å². The van der Waals surface area contributed by atoms with E-state index in [1.165, 1.54) is 0 Å². The summed E-state index contributed by atoms with van der Waals surface area (Å²) in [6, 6.07) is 0. The molecule has 63 heavy (non-hydrogen) atoms. The van der Waals surface area contributed by atoms with Crippen molar-refractivity contribution in [2.45, 2.75) is 6.92 Å². The van der Waals surface area contributed by atoms with E-state index in [0.717, 1.165) is 0 Å². The van der Waals surface area contributed by atoms with Crippen LogP contribution in [0.4, 0.5) is 0 Å². The Morgan fingerprint density at radius 1 is 0.365 bits per heavy atom. The van der Waals surface area contributed by atoms with E-state index in [4.69, 9.17) is 56.8 Å². The fourth-order valence-electron chi connectivity index (χ4n) is 6.49. The van der Waals surface area contributed by atoms with Gasteiger partial charge in [0.25, 0.3) is 0 Å². The van der Waals surface area contributed by atoms with Crippen LogP contribution in [0.2, 0.25) is 0 Å². The van der Waals surface area contributed by atoms with Crippen molar-refractivity contribution in [2.24, 2.45) is 0 Å². The van der Waals surface area contributed by atoms with Gasteiger partial charge in [0.05, 0.1) is 178 Å². The van der Waals surface area contributed by atoms with Gasteiger partial charge in [0.2, 0.25) is 17.7 Å². The molecule has 0 aliphatic carbocycles. The molecule has 0 bridgehead atoms. The zero-order chi connectivity index (χ0) is 44.7. The minimum Gasteiger partial charge on any atom is -0.378 e. The minimum absolute atomic E-state index is 0.0588. The summed E-state index contributed by atoms with van der Waals surface area (Å²) >= 11 is 0. The van der Waals surface area contributed by atoms with Gasteiger partial charge in [-0.2, -0.15) is 0 Å². The van der Waals surface area contributed by atoms with Gasteiger partial charge in [0, 0.05) is 72.0 Å². The molecule has 0 aromatic rings. The molecule has 0 saturated carbocycles. The number of rotatable bonds is 13. The highest BCUT2D eigenvalue weighted by Gasteiger charge is 2.22. The molecule has 3 saturated heterocycles. The van der Waals surface area contributed by atoms with E-state index in [-0.39, 0.29) is 57.0 Å². The average molecular weight is 909 g/mol. The summed E-state index contributed by atoms with van der Waals surface area (Å²) in [6.45, 7) is 18.3. The molecule has 0 atom stereocenters. The van der Waals surface area contributed by atoms with Crippen molar-refractivity contribution in [3.05, 3.63) is 0 Å². The maximum atomic E-state index is 14.2. The summed E-state index contributed by atoms with van der Waals surface area (Å²) in [7, 11) is 0. The second-order valence-electron chi connectivity index (χ2n) is 14.9. The largest absolute Gasteiger partial charge is 0.378 e. The Labute approximate surface area is 375 Å². The minimum atomic E-state index is -0.175. The van der Waals surface area contributed by atoms with E-state index < -0.39 is 0 Å². The van der Waals surface area contributed by atoms with Crippen molar-refractivity contribution >= 4 is 17.7 Å². The molecule has 3 amide bonds. The molecule has 0 radical (unpaired) electrons. The van der Waals surface area contributed by atoms with Crippen molar-refractivity contribution < 1.29 is 71.2 Å². The summed E-state index contributed by atoms with van der Waals surface area (Å²) in [6.07, 6.45) is 0. The first-order valence-corrected chi connectivity index (χ1v) is 23.0. The lowest BCUT2D eigenvalue weighted by molar-refractivity contribution is -0.137. The standard InChI is InChI=1S/C42H80N6O15/c1-2-47(41(50)38-45-9-15-54-21-27-60-33-34-61-28-22-55-16-10-45)5-6-48(42(51)39-46-11-17-56-23-29-62-35-36-63-30-24-57-18-12-46)4-3-43-40(49)37-44-7-13-52-19-25-58-31-32-59-26-20-53-14-8-44/h2-39H2,1H3,(H,43,49). The molecular formula is C42H80N6O15. The number of ether oxygens (including phenoxy) is 12. The quantitative estimate of drug-likeness (QED) is 0.212. The van der Waals surface area contributed by atoms with Crippen LogP contribution in [0.5, 0.6) is 0 Å². The first-order valence-electron chi connectivity index (χ1n) is 23.0. The molecule has 3 aliphatic heterocycles. The fraction of sp³-hybridized carbons (Fsp3) is 0.929. The third-order valence-corrected chi connectivity index (χ3v) is 10.2. The van der Waals surface area contributed by atoms with Crippen LogP contribution in [0.15, 0.2) is 0 Å². The zero-order valence-electron chi connectivity index (χ0n) is 38.2. The van der Waals surface area contributed by atoms with Gasteiger partial charge in [-0.05, 0) is 6.92 Å². The normalized spacial score (nSPS) is 21.8. The molecule has 1 N–H and O–H groups in total. The highest BCUT2D eigenvalue weighted by molar-refractivity contribution is 5.80. The van der Waals surface area contributed by atoms with E-state index in [1.807, 2.05) is 21.6 Å². The Balaban J connectivity index is 1.62. The monoisotopic (exact) mass is 909 g/mol. The highest BCUT2D eigenvalue weighted by Crippen LogP contribution is 2.02. The van der Waals surface area contributed by atoms with Crippen molar-refractivity contribution in [1.82, 2.24) is 29.8 Å². The molecule has 3 rings (SSSR count). The number of amides is 3. The second-order valence-corrected chi connectivity index (χ2v) is 14.9. The van der Waals surface area contributed by atoms with Gasteiger partial charge in [-0.15, -0.1) is 0 Å². The van der Waals surface area contributed by atoms with Crippen LogP contribution in [0.1, 0.15) is 6.92 Å².